The Balaban J connectivity index is 1.76. The molecule has 30 heavy (non-hydrogen) atoms. The van der Waals surface area contributed by atoms with Gasteiger partial charge in [-0.25, -0.2) is 13.1 Å². The maximum absolute atomic E-state index is 12.9. The summed E-state index contributed by atoms with van der Waals surface area (Å²) < 4.78 is 63.6. The van der Waals surface area contributed by atoms with Crippen molar-refractivity contribution in [3.05, 3.63) is 78.6 Å². The summed E-state index contributed by atoms with van der Waals surface area (Å²) in [5, 5.41) is 6.79. The number of carbonyl (C=O) groups is 1. The Labute approximate surface area is 170 Å². The second-order valence-electron chi connectivity index (χ2n) is 6.25. The van der Waals surface area contributed by atoms with E-state index in [4.69, 9.17) is 0 Å². The number of benzene rings is 2. The molecule has 0 aliphatic rings. The minimum absolute atomic E-state index is 0.280. The third-order valence-corrected chi connectivity index (χ3v) is 5.47. The van der Waals surface area contributed by atoms with Crippen LogP contribution >= 0.6 is 0 Å². The van der Waals surface area contributed by atoms with Gasteiger partial charge in [-0.15, -0.1) is 0 Å². The van der Waals surface area contributed by atoms with Crippen LogP contribution in [-0.4, -0.2) is 36.8 Å². The van der Waals surface area contributed by atoms with Gasteiger partial charge in [-0.2, -0.15) is 18.3 Å². The van der Waals surface area contributed by atoms with Crippen molar-refractivity contribution in [2.24, 2.45) is 0 Å². The first-order chi connectivity index (χ1) is 14.2. The van der Waals surface area contributed by atoms with Crippen LogP contribution in [-0.2, 0) is 14.8 Å². The van der Waals surface area contributed by atoms with Gasteiger partial charge in [-0.1, -0.05) is 30.3 Å². The molecule has 0 fully saturated rings. The number of hydrogen-bond donors (Lipinski definition) is 2. The zero-order valence-electron chi connectivity index (χ0n) is 15.4. The van der Waals surface area contributed by atoms with Crippen LogP contribution < -0.4 is 10.0 Å². The van der Waals surface area contributed by atoms with E-state index in [2.05, 4.69) is 10.4 Å². The maximum atomic E-state index is 12.9. The molecule has 1 aromatic heterocycles. The van der Waals surface area contributed by atoms with Gasteiger partial charge < -0.3 is 5.32 Å². The molecule has 1 atom stereocenters. The molecule has 0 bridgehead atoms. The molecule has 0 spiro atoms. The molecule has 3 aromatic rings. The van der Waals surface area contributed by atoms with Gasteiger partial charge in [0.25, 0.3) is 5.91 Å². The summed E-state index contributed by atoms with van der Waals surface area (Å²) in [6, 6.07) is 14.7. The number of nitrogens with one attached hydrogen (secondary N) is 2. The quantitative estimate of drug-likeness (QED) is 0.593. The van der Waals surface area contributed by atoms with E-state index in [0.29, 0.717) is 5.56 Å². The first-order valence-corrected chi connectivity index (χ1v) is 10.2. The lowest BCUT2D eigenvalue weighted by Crippen LogP contribution is -2.33. The van der Waals surface area contributed by atoms with Gasteiger partial charge in [0.05, 0.1) is 4.90 Å². The molecule has 1 unspecified atom stereocenters. The minimum Gasteiger partial charge on any atom is -0.324 e. The van der Waals surface area contributed by atoms with Crippen LogP contribution in [0.3, 0.4) is 0 Å². The second kappa shape index (κ2) is 8.67. The van der Waals surface area contributed by atoms with E-state index in [1.807, 2.05) is 6.07 Å². The first kappa shape index (κ1) is 21.5. The standard InChI is InChI=1S/C19H17F3N4O3S/c20-19(21,22)13-24-30(28,29)16-9-7-15(8-10-16)25-18(27)17(26-12-4-11-23-26)14-5-2-1-3-6-14/h1-12,17,24H,13H2,(H,25,27). The van der Waals surface area contributed by atoms with E-state index in [0.717, 1.165) is 12.1 Å². The van der Waals surface area contributed by atoms with Gasteiger partial charge in [0.15, 0.2) is 6.04 Å². The molecule has 7 nitrogen and oxygen atoms in total. The van der Waals surface area contributed by atoms with Crippen molar-refractivity contribution in [2.75, 3.05) is 11.9 Å². The fourth-order valence-electron chi connectivity index (χ4n) is 2.68. The van der Waals surface area contributed by atoms with Crippen molar-refractivity contribution in [3.8, 4) is 0 Å². The Hall–Kier alpha value is -3.18. The number of rotatable bonds is 7. The summed E-state index contributed by atoms with van der Waals surface area (Å²) in [4.78, 5) is 12.5. The van der Waals surface area contributed by atoms with Crippen molar-refractivity contribution in [3.63, 3.8) is 0 Å². The third kappa shape index (κ3) is 5.45. The number of anilines is 1. The number of carbonyl (C=O) groups excluding carboxylic acids is 1. The van der Waals surface area contributed by atoms with Crippen LogP contribution in [0.2, 0.25) is 0 Å². The first-order valence-electron chi connectivity index (χ1n) is 8.67. The SMILES string of the molecule is O=C(Nc1ccc(S(=O)(=O)NCC(F)(F)F)cc1)C(c1ccccc1)n1cccn1. The molecule has 0 aliphatic carbocycles. The Bertz CT molecular complexity index is 1080. The van der Waals surface area contributed by atoms with Crippen LogP contribution in [0.15, 0.2) is 78.0 Å². The zero-order valence-corrected chi connectivity index (χ0v) is 16.2. The lowest BCUT2D eigenvalue weighted by molar-refractivity contribution is -0.121. The highest BCUT2D eigenvalue weighted by atomic mass is 32.2. The summed E-state index contributed by atoms with van der Waals surface area (Å²) in [7, 11) is -4.33. The topological polar surface area (TPSA) is 93.1 Å². The van der Waals surface area contributed by atoms with E-state index in [-0.39, 0.29) is 10.6 Å². The molecule has 2 aromatic carbocycles. The largest absolute Gasteiger partial charge is 0.402 e. The van der Waals surface area contributed by atoms with Crippen LogP contribution in [0.25, 0.3) is 0 Å². The highest BCUT2D eigenvalue weighted by molar-refractivity contribution is 7.89. The summed E-state index contributed by atoms with van der Waals surface area (Å²) in [6.07, 6.45) is -1.49. The highest BCUT2D eigenvalue weighted by Gasteiger charge is 2.30. The maximum Gasteiger partial charge on any atom is 0.402 e. The smallest absolute Gasteiger partial charge is 0.324 e. The third-order valence-electron chi connectivity index (χ3n) is 4.05. The monoisotopic (exact) mass is 438 g/mol. The van der Waals surface area contributed by atoms with E-state index in [9.17, 15) is 26.4 Å². The molecule has 11 heteroatoms. The van der Waals surface area contributed by atoms with Crippen LogP contribution in [0.5, 0.6) is 0 Å². The lowest BCUT2D eigenvalue weighted by Gasteiger charge is -2.18. The van der Waals surface area contributed by atoms with Crippen molar-refractivity contribution in [1.82, 2.24) is 14.5 Å². The molecular weight excluding hydrogens is 421 g/mol. The molecule has 1 heterocycles. The predicted octanol–water partition coefficient (Wildman–Crippen LogP) is 2.95. The van der Waals surface area contributed by atoms with Gasteiger partial charge in [0.1, 0.15) is 6.54 Å². The number of alkyl halides is 3. The summed E-state index contributed by atoms with van der Waals surface area (Å²) in [5.74, 6) is -0.421. The Morgan fingerprint density at radius 1 is 1.03 bits per heavy atom. The molecular formula is C19H17F3N4O3S. The van der Waals surface area contributed by atoms with Gasteiger partial charge in [-0.05, 0) is 35.9 Å². The molecule has 2 N–H and O–H groups in total. The van der Waals surface area contributed by atoms with Crippen LogP contribution in [0, 0.1) is 0 Å². The Morgan fingerprint density at radius 2 is 1.70 bits per heavy atom. The molecule has 0 saturated carbocycles. The average molecular weight is 438 g/mol. The Kier molecular flexibility index (Phi) is 6.22. The minimum atomic E-state index is -4.67. The fourth-order valence-corrected chi connectivity index (χ4v) is 3.70. The Morgan fingerprint density at radius 3 is 2.27 bits per heavy atom. The zero-order chi connectivity index (χ0) is 21.8. The fraction of sp³-hybridized carbons (Fsp3) is 0.158. The van der Waals surface area contributed by atoms with Crippen molar-refractivity contribution in [2.45, 2.75) is 17.1 Å². The normalized spacial score (nSPS) is 13.0. The van der Waals surface area contributed by atoms with E-state index < -0.39 is 34.7 Å². The number of amides is 1. The predicted molar refractivity (Wildman–Crippen MR) is 103 cm³/mol. The van der Waals surface area contributed by atoms with Gasteiger partial charge in [0.2, 0.25) is 10.0 Å². The van der Waals surface area contributed by atoms with E-state index >= 15 is 0 Å². The number of nitrogens with zero attached hydrogens (tertiary/aromatic N) is 2. The van der Waals surface area contributed by atoms with Gasteiger partial charge >= 0.3 is 6.18 Å². The number of aromatic nitrogens is 2. The molecule has 0 saturated heterocycles. The highest BCUT2D eigenvalue weighted by Crippen LogP contribution is 2.21. The molecule has 0 aliphatic heterocycles. The van der Waals surface area contributed by atoms with E-state index in [1.165, 1.54) is 27.7 Å². The molecule has 3 rings (SSSR count). The van der Waals surface area contributed by atoms with Crippen molar-refractivity contribution >= 4 is 21.6 Å². The molecule has 158 valence electrons. The number of hydrogen-bond acceptors (Lipinski definition) is 4. The summed E-state index contributed by atoms with van der Waals surface area (Å²) in [6.45, 7) is -1.67. The average Bonchev–Trinajstić information content (AvgIpc) is 3.22. The summed E-state index contributed by atoms with van der Waals surface area (Å²) >= 11 is 0. The molecule has 0 radical (unpaired) electrons. The second-order valence-corrected chi connectivity index (χ2v) is 8.02. The van der Waals surface area contributed by atoms with Crippen LogP contribution in [0.4, 0.5) is 18.9 Å². The number of halogens is 3. The van der Waals surface area contributed by atoms with E-state index in [1.54, 1.807) is 36.5 Å². The van der Waals surface area contributed by atoms with Crippen molar-refractivity contribution < 1.29 is 26.4 Å². The number of sulfonamides is 1. The van der Waals surface area contributed by atoms with Crippen molar-refractivity contribution in [1.29, 1.82) is 0 Å². The van der Waals surface area contributed by atoms with Crippen LogP contribution in [0.1, 0.15) is 11.6 Å². The lowest BCUT2D eigenvalue weighted by atomic mass is 10.1. The molecule has 1 amide bonds. The summed E-state index contributed by atoms with van der Waals surface area (Å²) in [5.41, 5.74) is 0.970. The van der Waals surface area contributed by atoms with Gasteiger partial charge in [0, 0.05) is 18.1 Å². The van der Waals surface area contributed by atoms with Gasteiger partial charge in [-0.3, -0.25) is 9.48 Å².